The van der Waals surface area contributed by atoms with Crippen molar-refractivity contribution in [2.24, 2.45) is 0 Å². The Balaban J connectivity index is 2.11. The third-order valence-corrected chi connectivity index (χ3v) is 3.47. The molecule has 0 aliphatic carbocycles. The number of ketones is 1. The number of carbonyl (C=O) groups is 3. The summed E-state index contributed by atoms with van der Waals surface area (Å²) in [6.07, 6.45) is -1.24. The van der Waals surface area contributed by atoms with Crippen molar-refractivity contribution < 1.29 is 24.2 Å². The Labute approximate surface area is 139 Å². The molecule has 0 aliphatic heterocycles. The molecule has 2 rings (SSSR count). The molecule has 5 heteroatoms. The number of Topliss-reactive ketones (excluding diaryl/α,β-unsaturated/α-hetero) is 1. The minimum absolute atomic E-state index is 0.172. The lowest BCUT2D eigenvalue weighted by Gasteiger charge is -2.17. The van der Waals surface area contributed by atoms with E-state index in [2.05, 4.69) is 0 Å². The normalized spacial score (nSPS) is 11.5. The molecule has 124 valence electrons. The van der Waals surface area contributed by atoms with Crippen LogP contribution in [0, 0.1) is 0 Å². The summed E-state index contributed by atoms with van der Waals surface area (Å²) in [4.78, 5) is 35.1. The van der Waals surface area contributed by atoms with Crippen LogP contribution in [0.5, 0.6) is 0 Å². The number of benzene rings is 2. The molecule has 0 amide bonds. The maximum atomic E-state index is 12.3. The van der Waals surface area contributed by atoms with Gasteiger partial charge < -0.3 is 9.84 Å². The van der Waals surface area contributed by atoms with E-state index in [9.17, 15) is 14.4 Å². The van der Waals surface area contributed by atoms with Crippen LogP contribution in [0.1, 0.15) is 28.8 Å². The van der Waals surface area contributed by atoms with E-state index in [0.29, 0.717) is 5.56 Å². The largest absolute Gasteiger partial charge is 0.481 e. The fraction of sp³-hybridized carbons (Fsp3) is 0.211. The molecule has 0 aromatic heterocycles. The molecular formula is C19H18O5. The van der Waals surface area contributed by atoms with Crippen LogP contribution in [0.4, 0.5) is 0 Å². The van der Waals surface area contributed by atoms with Crippen LogP contribution in [-0.4, -0.2) is 28.9 Å². The van der Waals surface area contributed by atoms with E-state index in [1.54, 1.807) is 30.3 Å². The quantitative estimate of drug-likeness (QED) is 0.754. The first-order valence-corrected chi connectivity index (χ1v) is 7.60. The van der Waals surface area contributed by atoms with Crippen molar-refractivity contribution in [2.45, 2.75) is 25.4 Å². The Morgan fingerprint density at radius 3 is 2.04 bits per heavy atom. The van der Waals surface area contributed by atoms with Crippen molar-refractivity contribution in [3.8, 4) is 0 Å². The van der Waals surface area contributed by atoms with E-state index >= 15 is 0 Å². The minimum Gasteiger partial charge on any atom is -0.481 e. The van der Waals surface area contributed by atoms with E-state index in [1.165, 1.54) is 0 Å². The molecule has 0 aliphatic rings. The van der Waals surface area contributed by atoms with E-state index < -0.39 is 23.8 Å². The molecule has 0 spiro atoms. The molecule has 1 atom stereocenters. The zero-order valence-corrected chi connectivity index (χ0v) is 13.1. The zero-order valence-electron chi connectivity index (χ0n) is 13.1. The van der Waals surface area contributed by atoms with Crippen LogP contribution in [0.15, 0.2) is 60.7 Å². The van der Waals surface area contributed by atoms with Crippen molar-refractivity contribution in [3.05, 3.63) is 71.8 Å². The van der Waals surface area contributed by atoms with Gasteiger partial charge in [0, 0.05) is 12.8 Å². The fourth-order valence-electron chi connectivity index (χ4n) is 2.21. The van der Waals surface area contributed by atoms with E-state index in [0.717, 1.165) is 5.56 Å². The molecule has 0 bridgehead atoms. The molecule has 0 heterocycles. The topological polar surface area (TPSA) is 80.7 Å². The first kappa shape index (κ1) is 17.4. The highest BCUT2D eigenvalue weighted by atomic mass is 16.5. The minimum atomic E-state index is -1.06. The highest BCUT2D eigenvalue weighted by Gasteiger charge is 2.24. The lowest BCUT2D eigenvalue weighted by atomic mass is 10.0. The van der Waals surface area contributed by atoms with Gasteiger partial charge in [-0.3, -0.25) is 9.59 Å². The van der Waals surface area contributed by atoms with E-state index in [1.807, 2.05) is 30.3 Å². The molecule has 0 radical (unpaired) electrons. The number of carboxylic acids is 1. The first-order valence-electron chi connectivity index (χ1n) is 7.60. The summed E-state index contributed by atoms with van der Waals surface area (Å²) in [7, 11) is 0. The number of esters is 1. The van der Waals surface area contributed by atoms with Gasteiger partial charge in [0.25, 0.3) is 0 Å². The smallest absolute Gasteiger partial charge is 0.338 e. The molecule has 24 heavy (non-hydrogen) atoms. The van der Waals surface area contributed by atoms with Gasteiger partial charge in [0.15, 0.2) is 11.9 Å². The number of carbonyl (C=O) groups excluding carboxylic acids is 2. The highest BCUT2D eigenvalue weighted by molar-refractivity contribution is 5.93. The maximum absolute atomic E-state index is 12.3. The number of hydrogen-bond acceptors (Lipinski definition) is 4. The number of rotatable bonds is 8. The molecule has 0 saturated carbocycles. The summed E-state index contributed by atoms with van der Waals surface area (Å²) >= 11 is 0. The lowest BCUT2D eigenvalue weighted by Crippen LogP contribution is -2.30. The van der Waals surface area contributed by atoms with Gasteiger partial charge in [-0.2, -0.15) is 0 Å². The number of aliphatic carboxylic acids is 1. The summed E-state index contributed by atoms with van der Waals surface area (Å²) < 4.78 is 5.35. The van der Waals surface area contributed by atoms with Gasteiger partial charge in [-0.1, -0.05) is 48.5 Å². The average molecular weight is 326 g/mol. The summed E-state index contributed by atoms with van der Waals surface area (Å²) in [6, 6.07) is 17.5. The molecule has 0 fully saturated rings. The van der Waals surface area contributed by atoms with Gasteiger partial charge in [0.1, 0.15) is 0 Å². The zero-order chi connectivity index (χ0) is 17.4. The third kappa shape index (κ3) is 5.35. The van der Waals surface area contributed by atoms with Crippen molar-refractivity contribution in [2.75, 3.05) is 0 Å². The molecule has 0 saturated heterocycles. The summed E-state index contributed by atoms with van der Waals surface area (Å²) in [5.41, 5.74) is 1.19. The second-order valence-electron chi connectivity index (χ2n) is 5.31. The van der Waals surface area contributed by atoms with Gasteiger partial charge in [0.2, 0.25) is 0 Å². The van der Waals surface area contributed by atoms with E-state index in [-0.39, 0.29) is 19.3 Å². The molecule has 1 N–H and O–H groups in total. The Morgan fingerprint density at radius 1 is 0.875 bits per heavy atom. The van der Waals surface area contributed by atoms with Crippen LogP contribution in [0.2, 0.25) is 0 Å². The van der Waals surface area contributed by atoms with Crippen LogP contribution < -0.4 is 0 Å². The predicted octanol–water partition coefficient (Wildman–Crippen LogP) is 2.89. The monoisotopic (exact) mass is 326 g/mol. The van der Waals surface area contributed by atoms with Crippen LogP contribution in [-0.2, 0) is 20.7 Å². The van der Waals surface area contributed by atoms with Crippen LogP contribution in [0.3, 0.4) is 0 Å². The second-order valence-corrected chi connectivity index (χ2v) is 5.31. The first-order chi connectivity index (χ1) is 11.6. The van der Waals surface area contributed by atoms with Gasteiger partial charge in [0.05, 0.1) is 12.0 Å². The Hall–Kier alpha value is -2.95. The van der Waals surface area contributed by atoms with Crippen molar-refractivity contribution in [1.29, 1.82) is 0 Å². The lowest BCUT2D eigenvalue weighted by molar-refractivity contribution is -0.139. The van der Waals surface area contributed by atoms with E-state index in [4.69, 9.17) is 9.84 Å². The molecule has 2 aromatic carbocycles. The van der Waals surface area contributed by atoms with Gasteiger partial charge >= 0.3 is 11.9 Å². The standard InChI is InChI=1S/C19H18O5/c20-16(11-12-18(21)22)17(13-14-7-3-1-4-8-14)24-19(23)15-9-5-2-6-10-15/h1-10,17H,11-13H2,(H,21,22)/t17-/m0/s1. The Bertz CT molecular complexity index is 694. The highest BCUT2D eigenvalue weighted by Crippen LogP contribution is 2.13. The molecular weight excluding hydrogens is 308 g/mol. The number of carboxylic acid groups (broad SMARTS) is 1. The SMILES string of the molecule is O=C(O)CCC(=O)[C@H](Cc1ccccc1)OC(=O)c1ccccc1. The van der Waals surface area contributed by atoms with Gasteiger partial charge in [-0.15, -0.1) is 0 Å². The van der Waals surface area contributed by atoms with Crippen molar-refractivity contribution in [1.82, 2.24) is 0 Å². The fourth-order valence-corrected chi connectivity index (χ4v) is 2.21. The third-order valence-electron chi connectivity index (χ3n) is 3.47. The number of ether oxygens (including phenoxy) is 1. The summed E-state index contributed by atoms with van der Waals surface area (Å²) in [5, 5.41) is 8.73. The van der Waals surface area contributed by atoms with Crippen LogP contribution in [0.25, 0.3) is 0 Å². The molecule has 5 nitrogen and oxygen atoms in total. The van der Waals surface area contributed by atoms with Gasteiger partial charge in [-0.25, -0.2) is 4.79 Å². The van der Waals surface area contributed by atoms with Crippen molar-refractivity contribution >= 4 is 17.7 Å². The molecule has 0 unspecified atom stereocenters. The summed E-state index contributed by atoms with van der Waals surface area (Å²) in [6.45, 7) is 0. The second kappa shape index (κ2) is 8.62. The van der Waals surface area contributed by atoms with Crippen molar-refractivity contribution in [3.63, 3.8) is 0 Å². The Morgan fingerprint density at radius 2 is 1.46 bits per heavy atom. The van der Waals surface area contributed by atoms with Gasteiger partial charge in [-0.05, 0) is 17.7 Å². The maximum Gasteiger partial charge on any atom is 0.338 e. The number of hydrogen-bond donors (Lipinski definition) is 1. The summed E-state index contributed by atoms with van der Waals surface area (Å²) in [5.74, 6) is -2.05. The Kier molecular flexibility index (Phi) is 6.25. The average Bonchev–Trinajstić information content (AvgIpc) is 2.60. The molecule has 2 aromatic rings. The van der Waals surface area contributed by atoms with Crippen LogP contribution >= 0.6 is 0 Å². The predicted molar refractivity (Wildman–Crippen MR) is 87.7 cm³/mol.